The van der Waals surface area contributed by atoms with Crippen molar-refractivity contribution in [3.8, 4) is 0 Å². The summed E-state index contributed by atoms with van der Waals surface area (Å²) in [6.45, 7) is 1.77. The van der Waals surface area contributed by atoms with Gasteiger partial charge < -0.3 is 10.0 Å². The van der Waals surface area contributed by atoms with E-state index in [2.05, 4.69) is 0 Å². The van der Waals surface area contributed by atoms with Crippen molar-refractivity contribution < 1.29 is 9.90 Å². The van der Waals surface area contributed by atoms with Crippen molar-refractivity contribution in [2.24, 2.45) is 5.92 Å². The van der Waals surface area contributed by atoms with E-state index in [4.69, 9.17) is 0 Å². The molecule has 0 heterocycles. The average Bonchev–Trinajstić information content (AvgIpc) is 2.54. The number of nitrogens with zero attached hydrogens (tertiary/aromatic N) is 1. The van der Waals surface area contributed by atoms with Crippen molar-refractivity contribution in [2.45, 2.75) is 12.5 Å². The van der Waals surface area contributed by atoms with Gasteiger partial charge in [0.15, 0.2) is 0 Å². The maximum absolute atomic E-state index is 12.4. The first-order valence-corrected chi connectivity index (χ1v) is 7.02. The van der Waals surface area contributed by atoms with E-state index in [0.29, 0.717) is 0 Å². The zero-order valence-electron chi connectivity index (χ0n) is 12.7. The Hall–Kier alpha value is -2.13. The van der Waals surface area contributed by atoms with Crippen molar-refractivity contribution in [1.29, 1.82) is 0 Å². The zero-order chi connectivity index (χ0) is 15.5. The Morgan fingerprint density at radius 3 is 1.67 bits per heavy atom. The standard InChI is InChI=1S/C18H21NO2/c1-14(17(20)19(2)3)18(21,15-10-6-4-7-11-15)16-12-8-5-9-13-16/h4-14,21H,1-3H3. The molecule has 3 nitrogen and oxygen atoms in total. The number of carbonyl (C=O) groups excluding carboxylic acids is 1. The Bertz CT molecular complexity index is 554. The summed E-state index contributed by atoms with van der Waals surface area (Å²) in [5.41, 5.74) is 0.0990. The van der Waals surface area contributed by atoms with Crippen molar-refractivity contribution in [3.63, 3.8) is 0 Å². The first-order chi connectivity index (χ1) is 9.98. The van der Waals surface area contributed by atoms with Gasteiger partial charge in [-0.2, -0.15) is 0 Å². The van der Waals surface area contributed by atoms with Gasteiger partial charge in [0.05, 0.1) is 5.92 Å². The second kappa shape index (κ2) is 6.10. The lowest BCUT2D eigenvalue weighted by molar-refractivity contribution is -0.139. The van der Waals surface area contributed by atoms with Crippen LogP contribution in [-0.4, -0.2) is 30.0 Å². The fourth-order valence-electron chi connectivity index (χ4n) is 2.62. The highest BCUT2D eigenvalue weighted by atomic mass is 16.3. The number of amides is 1. The van der Waals surface area contributed by atoms with Crippen LogP contribution < -0.4 is 0 Å². The first-order valence-electron chi connectivity index (χ1n) is 7.02. The van der Waals surface area contributed by atoms with Crippen LogP contribution in [0.4, 0.5) is 0 Å². The number of rotatable bonds is 4. The third-order valence-corrected chi connectivity index (χ3v) is 3.87. The molecule has 0 saturated carbocycles. The molecular formula is C18H21NO2. The smallest absolute Gasteiger partial charge is 0.228 e. The van der Waals surface area contributed by atoms with Crippen LogP contribution in [0, 0.1) is 5.92 Å². The lowest BCUT2D eigenvalue weighted by Crippen LogP contribution is -2.43. The van der Waals surface area contributed by atoms with E-state index >= 15 is 0 Å². The fraction of sp³-hybridized carbons (Fsp3) is 0.278. The highest BCUT2D eigenvalue weighted by Gasteiger charge is 2.41. The maximum atomic E-state index is 12.4. The van der Waals surface area contributed by atoms with E-state index in [1.165, 1.54) is 4.90 Å². The molecule has 0 saturated heterocycles. The molecule has 2 aromatic rings. The van der Waals surface area contributed by atoms with E-state index in [1.54, 1.807) is 21.0 Å². The molecule has 0 radical (unpaired) electrons. The van der Waals surface area contributed by atoms with Crippen LogP contribution in [0.3, 0.4) is 0 Å². The number of aliphatic hydroxyl groups is 1. The van der Waals surface area contributed by atoms with E-state index in [-0.39, 0.29) is 5.91 Å². The van der Waals surface area contributed by atoms with Crippen molar-refractivity contribution in [2.75, 3.05) is 14.1 Å². The van der Waals surface area contributed by atoms with Gasteiger partial charge in [-0.3, -0.25) is 4.79 Å². The third-order valence-electron chi connectivity index (χ3n) is 3.87. The van der Waals surface area contributed by atoms with Gasteiger partial charge >= 0.3 is 0 Å². The summed E-state index contributed by atoms with van der Waals surface area (Å²) in [5, 5.41) is 11.4. The summed E-state index contributed by atoms with van der Waals surface area (Å²) in [6, 6.07) is 18.7. The average molecular weight is 283 g/mol. The Balaban J connectivity index is 2.58. The second-order valence-corrected chi connectivity index (χ2v) is 5.45. The van der Waals surface area contributed by atoms with E-state index < -0.39 is 11.5 Å². The largest absolute Gasteiger partial charge is 0.380 e. The van der Waals surface area contributed by atoms with E-state index in [0.717, 1.165) is 11.1 Å². The van der Waals surface area contributed by atoms with Gasteiger partial charge in [0.25, 0.3) is 0 Å². The van der Waals surface area contributed by atoms with Crippen LogP contribution >= 0.6 is 0 Å². The van der Waals surface area contributed by atoms with Crippen molar-refractivity contribution >= 4 is 5.91 Å². The molecule has 0 fully saturated rings. The van der Waals surface area contributed by atoms with Crippen LogP contribution in [0.1, 0.15) is 18.1 Å². The normalized spacial score (nSPS) is 12.8. The summed E-state index contributed by atoms with van der Waals surface area (Å²) in [7, 11) is 3.41. The van der Waals surface area contributed by atoms with Crippen LogP contribution in [0.5, 0.6) is 0 Å². The van der Waals surface area contributed by atoms with Gasteiger partial charge in [-0.25, -0.2) is 0 Å². The molecule has 2 aromatic carbocycles. The Morgan fingerprint density at radius 1 is 0.952 bits per heavy atom. The monoisotopic (exact) mass is 283 g/mol. The quantitative estimate of drug-likeness (QED) is 0.937. The fourth-order valence-corrected chi connectivity index (χ4v) is 2.62. The van der Waals surface area contributed by atoms with Crippen LogP contribution in [0.25, 0.3) is 0 Å². The highest BCUT2D eigenvalue weighted by molar-refractivity contribution is 5.80. The van der Waals surface area contributed by atoms with Gasteiger partial charge in [0, 0.05) is 14.1 Å². The van der Waals surface area contributed by atoms with Gasteiger partial charge in [0.2, 0.25) is 5.91 Å². The molecule has 1 atom stereocenters. The van der Waals surface area contributed by atoms with Crippen LogP contribution in [0.15, 0.2) is 60.7 Å². The van der Waals surface area contributed by atoms with Gasteiger partial charge in [0.1, 0.15) is 5.60 Å². The Morgan fingerprint density at radius 2 is 1.33 bits per heavy atom. The molecule has 2 rings (SSSR count). The molecule has 21 heavy (non-hydrogen) atoms. The summed E-state index contributed by atoms with van der Waals surface area (Å²) in [6.07, 6.45) is 0. The minimum Gasteiger partial charge on any atom is -0.380 e. The molecular weight excluding hydrogens is 262 g/mol. The molecule has 0 bridgehead atoms. The summed E-state index contributed by atoms with van der Waals surface area (Å²) < 4.78 is 0. The SMILES string of the molecule is CC(C(=O)N(C)C)C(O)(c1ccccc1)c1ccccc1. The molecule has 1 unspecified atom stereocenters. The predicted molar refractivity (Wildman–Crippen MR) is 83.7 cm³/mol. The lowest BCUT2D eigenvalue weighted by Gasteiger charge is -2.35. The highest BCUT2D eigenvalue weighted by Crippen LogP contribution is 2.37. The molecule has 0 aromatic heterocycles. The lowest BCUT2D eigenvalue weighted by atomic mass is 9.76. The predicted octanol–water partition coefficient (Wildman–Crippen LogP) is 2.65. The van der Waals surface area contributed by atoms with Gasteiger partial charge in [-0.15, -0.1) is 0 Å². The van der Waals surface area contributed by atoms with Crippen molar-refractivity contribution in [3.05, 3.63) is 71.8 Å². The van der Waals surface area contributed by atoms with Crippen LogP contribution in [-0.2, 0) is 10.4 Å². The maximum Gasteiger partial charge on any atom is 0.228 e. The molecule has 0 aliphatic carbocycles. The van der Waals surface area contributed by atoms with E-state index in [1.807, 2.05) is 60.7 Å². The summed E-state index contributed by atoms with van der Waals surface area (Å²) >= 11 is 0. The molecule has 0 spiro atoms. The molecule has 1 N–H and O–H groups in total. The molecule has 110 valence electrons. The molecule has 1 amide bonds. The zero-order valence-corrected chi connectivity index (χ0v) is 12.7. The molecule has 0 aliphatic heterocycles. The van der Waals surface area contributed by atoms with E-state index in [9.17, 15) is 9.90 Å². The molecule has 0 aliphatic rings. The minimum atomic E-state index is -1.34. The number of hydrogen-bond acceptors (Lipinski definition) is 2. The number of benzene rings is 2. The minimum absolute atomic E-state index is 0.106. The van der Waals surface area contributed by atoms with Gasteiger partial charge in [-0.1, -0.05) is 67.6 Å². The third kappa shape index (κ3) is 2.83. The first kappa shape index (κ1) is 15.3. The Labute approximate surface area is 125 Å². The molecule has 3 heteroatoms. The van der Waals surface area contributed by atoms with Crippen molar-refractivity contribution in [1.82, 2.24) is 4.90 Å². The topological polar surface area (TPSA) is 40.5 Å². The summed E-state index contributed by atoms with van der Waals surface area (Å²) in [5.74, 6) is -0.692. The number of hydrogen-bond donors (Lipinski definition) is 1. The Kier molecular flexibility index (Phi) is 4.43. The van der Waals surface area contributed by atoms with Gasteiger partial charge in [-0.05, 0) is 11.1 Å². The van der Waals surface area contributed by atoms with Crippen LogP contribution in [0.2, 0.25) is 0 Å². The second-order valence-electron chi connectivity index (χ2n) is 5.45. The summed E-state index contributed by atoms with van der Waals surface area (Å²) in [4.78, 5) is 13.9. The number of carbonyl (C=O) groups is 1.